The Morgan fingerprint density at radius 1 is 1.67 bits per heavy atom. The second-order valence-corrected chi connectivity index (χ2v) is 5.74. The van der Waals surface area contributed by atoms with Crippen molar-refractivity contribution in [2.24, 2.45) is 0 Å². The molecule has 0 saturated carbocycles. The van der Waals surface area contributed by atoms with Gasteiger partial charge in [-0.1, -0.05) is 0 Å². The van der Waals surface area contributed by atoms with Crippen LogP contribution in [0.3, 0.4) is 0 Å². The molecule has 0 spiro atoms. The summed E-state index contributed by atoms with van der Waals surface area (Å²) < 4.78 is 5.51. The van der Waals surface area contributed by atoms with Crippen LogP contribution in [0, 0.1) is 6.92 Å². The quantitative estimate of drug-likeness (QED) is 0.899. The lowest BCUT2D eigenvalue weighted by Gasteiger charge is -2.34. The lowest BCUT2D eigenvalue weighted by molar-refractivity contribution is 0.0114. The molecular formula is C13H17N5O2S. The largest absolute Gasteiger partial charge is 0.377 e. The average Bonchev–Trinajstić information content (AvgIpc) is 3.16. The number of aromatic nitrogens is 3. The normalized spacial score (nSPS) is 18.7. The highest BCUT2D eigenvalue weighted by Gasteiger charge is 2.30. The van der Waals surface area contributed by atoms with Gasteiger partial charge in [-0.15, -0.1) is 11.3 Å². The first-order valence-electron chi connectivity index (χ1n) is 6.76. The van der Waals surface area contributed by atoms with Gasteiger partial charge >= 0.3 is 6.03 Å². The fraction of sp³-hybridized carbons (Fsp3) is 0.462. The molecule has 1 aliphatic rings. The Bertz CT molecular complexity index is 597. The Morgan fingerprint density at radius 3 is 3.29 bits per heavy atom. The lowest BCUT2D eigenvalue weighted by atomic mass is 10.2. The number of morpholine rings is 1. The topological polar surface area (TPSA) is 83.1 Å². The standard InChI is InChI=1S/C13H17N5O2S/c1-9-8-21-12(16-9)11-7-20-5-4-18(11)13(19)14-6-10-2-3-15-17-10/h2-3,8,11H,4-7H2,1H3,(H,14,19)(H,15,17)/t11-/m1/s1. The first-order chi connectivity index (χ1) is 10.2. The Balaban J connectivity index is 1.67. The second kappa shape index (κ2) is 6.23. The third-order valence-electron chi connectivity index (χ3n) is 3.30. The number of nitrogens with one attached hydrogen (secondary N) is 2. The summed E-state index contributed by atoms with van der Waals surface area (Å²) in [6, 6.07) is 1.62. The number of carbonyl (C=O) groups is 1. The van der Waals surface area contributed by atoms with Crippen LogP contribution in [-0.4, -0.2) is 45.9 Å². The number of aromatic amines is 1. The average molecular weight is 307 g/mol. The van der Waals surface area contributed by atoms with Gasteiger partial charge in [0, 0.05) is 23.8 Å². The first-order valence-corrected chi connectivity index (χ1v) is 7.64. The van der Waals surface area contributed by atoms with Crippen LogP contribution in [0.2, 0.25) is 0 Å². The van der Waals surface area contributed by atoms with Gasteiger partial charge in [0.2, 0.25) is 0 Å². The summed E-state index contributed by atoms with van der Waals surface area (Å²) >= 11 is 1.56. The van der Waals surface area contributed by atoms with Crippen molar-refractivity contribution < 1.29 is 9.53 Å². The summed E-state index contributed by atoms with van der Waals surface area (Å²) in [7, 11) is 0. The SMILES string of the molecule is Cc1csc([C@H]2COCCN2C(=O)NCc2ccn[nH]2)n1. The van der Waals surface area contributed by atoms with Crippen LogP contribution in [0.5, 0.6) is 0 Å². The van der Waals surface area contributed by atoms with Crippen molar-refractivity contribution in [1.82, 2.24) is 25.4 Å². The summed E-state index contributed by atoms with van der Waals surface area (Å²) in [6.07, 6.45) is 1.66. The smallest absolute Gasteiger partial charge is 0.318 e. The summed E-state index contributed by atoms with van der Waals surface area (Å²) in [5.41, 5.74) is 1.84. The van der Waals surface area contributed by atoms with Crippen molar-refractivity contribution in [2.45, 2.75) is 19.5 Å². The molecule has 0 aliphatic carbocycles. The van der Waals surface area contributed by atoms with E-state index in [4.69, 9.17) is 4.74 Å². The fourth-order valence-electron chi connectivity index (χ4n) is 2.23. The third-order valence-corrected chi connectivity index (χ3v) is 4.36. The lowest BCUT2D eigenvalue weighted by Crippen LogP contribution is -2.47. The second-order valence-electron chi connectivity index (χ2n) is 4.85. The number of H-pyrrole nitrogens is 1. The highest BCUT2D eigenvalue weighted by molar-refractivity contribution is 7.09. The number of urea groups is 1. The number of ether oxygens (including phenoxy) is 1. The minimum absolute atomic E-state index is 0.106. The van der Waals surface area contributed by atoms with Crippen molar-refractivity contribution in [3.05, 3.63) is 34.0 Å². The molecule has 0 aromatic carbocycles. The molecule has 2 aromatic heterocycles. The fourth-order valence-corrected chi connectivity index (χ4v) is 3.13. The highest BCUT2D eigenvalue weighted by Crippen LogP contribution is 2.26. The van der Waals surface area contributed by atoms with E-state index in [1.165, 1.54) is 0 Å². The van der Waals surface area contributed by atoms with Crippen LogP contribution in [0.15, 0.2) is 17.6 Å². The molecule has 3 rings (SSSR count). The van der Waals surface area contributed by atoms with E-state index in [-0.39, 0.29) is 12.1 Å². The molecule has 0 radical (unpaired) electrons. The van der Waals surface area contributed by atoms with Crippen LogP contribution in [-0.2, 0) is 11.3 Å². The van der Waals surface area contributed by atoms with Gasteiger partial charge in [0.05, 0.1) is 25.5 Å². The summed E-state index contributed by atoms with van der Waals surface area (Å²) in [5.74, 6) is 0. The molecule has 2 N–H and O–H groups in total. The molecule has 0 bridgehead atoms. The molecule has 21 heavy (non-hydrogen) atoms. The van der Waals surface area contributed by atoms with Gasteiger partial charge in [0.25, 0.3) is 0 Å². The minimum Gasteiger partial charge on any atom is -0.377 e. The van der Waals surface area contributed by atoms with E-state index < -0.39 is 0 Å². The Labute approximate surface area is 126 Å². The van der Waals surface area contributed by atoms with E-state index in [1.807, 2.05) is 18.4 Å². The highest BCUT2D eigenvalue weighted by atomic mass is 32.1. The van der Waals surface area contributed by atoms with E-state index in [1.54, 1.807) is 22.4 Å². The van der Waals surface area contributed by atoms with Crippen molar-refractivity contribution in [3.63, 3.8) is 0 Å². The molecule has 1 fully saturated rings. The molecular weight excluding hydrogens is 290 g/mol. The zero-order chi connectivity index (χ0) is 14.7. The number of hydrogen-bond donors (Lipinski definition) is 2. The maximum atomic E-state index is 12.4. The Morgan fingerprint density at radius 2 is 2.57 bits per heavy atom. The minimum atomic E-state index is -0.112. The van der Waals surface area contributed by atoms with Crippen LogP contribution in [0.25, 0.3) is 0 Å². The number of hydrogen-bond acceptors (Lipinski definition) is 5. The van der Waals surface area contributed by atoms with E-state index >= 15 is 0 Å². The van der Waals surface area contributed by atoms with Gasteiger partial charge in [-0.05, 0) is 13.0 Å². The maximum Gasteiger partial charge on any atom is 0.318 e. The third kappa shape index (κ3) is 3.22. The van der Waals surface area contributed by atoms with Gasteiger partial charge in [0.1, 0.15) is 11.0 Å². The molecule has 7 nitrogen and oxygen atoms in total. The van der Waals surface area contributed by atoms with Gasteiger partial charge in [-0.25, -0.2) is 9.78 Å². The van der Waals surface area contributed by atoms with E-state index in [2.05, 4.69) is 20.5 Å². The number of thiazole rings is 1. The van der Waals surface area contributed by atoms with Crippen molar-refractivity contribution in [2.75, 3.05) is 19.8 Å². The van der Waals surface area contributed by atoms with E-state index in [0.717, 1.165) is 16.4 Å². The monoisotopic (exact) mass is 307 g/mol. The van der Waals surface area contributed by atoms with Crippen molar-refractivity contribution >= 4 is 17.4 Å². The number of nitrogens with zero attached hydrogens (tertiary/aromatic N) is 3. The molecule has 1 saturated heterocycles. The van der Waals surface area contributed by atoms with Crippen LogP contribution in [0.1, 0.15) is 22.4 Å². The molecule has 2 aromatic rings. The summed E-state index contributed by atoms with van der Waals surface area (Å²) in [5, 5.41) is 12.5. The van der Waals surface area contributed by atoms with Gasteiger partial charge in [-0.2, -0.15) is 5.10 Å². The van der Waals surface area contributed by atoms with Crippen LogP contribution in [0.4, 0.5) is 4.79 Å². The summed E-state index contributed by atoms with van der Waals surface area (Å²) in [6.45, 7) is 3.99. The number of carbonyl (C=O) groups excluding carboxylic acids is 1. The first kappa shape index (κ1) is 14.0. The Kier molecular flexibility index (Phi) is 4.16. The molecule has 0 unspecified atom stereocenters. The zero-order valence-electron chi connectivity index (χ0n) is 11.7. The zero-order valence-corrected chi connectivity index (χ0v) is 12.5. The van der Waals surface area contributed by atoms with Gasteiger partial charge < -0.3 is 15.0 Å². The van der Waals surface area contributed by atoms with E-state index in [9.17, 15) is 4.79 Å². The van der Waals surface area contributed by atoms with E-state index in [0.29, 0.717) is 26.3 Å². The Hall–Kier alpha value is -1.93. The van der Waals surface area contributed by atoms with Crippen molar-refractivity contribution in [3.8, 4) is 0 Å². The molecule has 3 heterocycles. The predicted molar refractivity (Wildman–Crippen MR) is 77.9 cm³/mol. The predicted octanol–water partition coefficient (Wildman–Crippen LogP) is 1.46. The van der Waals surface area contributed by atoms with Crippen LogP contribution < -0.4 is 5.32 Å². The number of aryl methyl sites for hydroxylation is 1. The molecule has 1 atom stereocenters. The molecule has 1 aliphatic heterocycles. The maximum absolute atomic E-state index is 12.4. The molecule has 112 valence electrons. The van der Waals surface area contributed by atoms with Crippen LogP contribution >= 0.6 is 11.3 Å². The molecule has 2 amide bonds. The number of amides is 2. The van der Waals surface area contributed by atoms with Gasteiger partial charge in [0.15, 0.2) is 0 Å². The van der Waals surface area contributed by atoms with Crippen molar-refractivity contribution in [1.29, 1.82) is 0 Å². The molecule has 8 heteroatoms. The van der Waals surface area contributed by atoms with Gasteiger partial charge in [-0.3, -0.25) is 5.10 Å². The number of rotatable bonds is 3. The summed E-state index contributed by atoms with van der Waals surface area (Å²) in [4.78, 5) is 18.7.